The van der Waals surface area contributed by atoms with Gasteiger partial charge in [-0.3, -0.25) is 4.79 Å². The number of halogens is 2. The Labute approximate surface area is 139 Å². The van der Waals surface area contributed by atoms with Crippen molar-refractivity contribution in [2.24, 2.45) is 0 Å². The van der Waals surface area contributed by atoms with Crippen LogP contribution in [0.2, 0.25) is 10.0 Å². The fraction of sp³-hybridized carbons (Fsp3) is 0.188. The molecule has 0 aliphatic heterocycles. The number of carbonyl (C=O) groups excluding carboxylic acids is 1. The van der Waals surface area contributed by atoms with E-state index in [1.54, 1.807) is 32.2 Å². The highest BCUT2D eigenvalue weighted by Gasteiger charge is 2.14. The van der Waals surface area contributed by atoms with Crippen LogP contribution < -0.4 is 15.4 Å². The lowest BCUT2D eigenvalue weighted by molar-refractivity contribution is -0.116. The number of methoxy groups -OCH3 is 1. The van der Waals surface area contributed by atoms with E-state index in [2.05, 4.69) is 10.6 Å². The van der Waals surface area contributed by atoms with Gasteiger partial charge in [-0.1, -0.05) is 23.2 Å². The molecule has 4 nitrogen and oxygen atoms in total. The number of carbonyl (C=O) groups is 1. The summed E-state index contributed by atoms with van der Waals surface area (Å²) in [6, 6.07) is 11.8. The minimum Gasteiger partial charge on any atom is -0.497 e. The summed E-state index contributed by atoms with van der Waals surface area (Å²) in [7, 11) is 1.60. The Morgan fingerprint density at radius 2 is 1.82 bits per heavy atom. The van der Waals surface area contributed by atoms with Crippen molar-refractivity contribution in [1.82, 2.24) is 0 Å². The fourth-order valence-electron chi connectivity index (χ4n) is 1.84. The van der Waals surface area contributed by atoms with Crippen LogP contribution in [0.3, 0.4) is 0 Å². The van der Waals surface area contributed by atoms with Crippen LogP contribution in [0, 0.1) is 0 Å². The van der Waals surface area contributed by atoms with E-state index in [-0.39, 0.29) is 5.91 Å². The molecule has 0 fully saturated rings. The average Bonchev–Trinajstić information content (AvgIpc) is 2.51. The smallest absolute Gasteiger partial charge is 0.246 e. The van der Waals surface area contributed by atoms with Crippen LogP contribution in [0.1, 0.15) is 6.92 Å². The first-order chi connectivity index (χ1) is 10.5. The molecule has 116 valence electrons. The van der Waals surface area contributed by atoms with Crippen molar-refractivity contribution >= 4 is 40.5 Å². The van der Waals surface area contributed by atoms with E-state index in [1.807, 2.05) is 24.3 Å². The molecule has 0 aliphatic carbocycles. The largest absolute Gasteiger partial charge is 0.497 e. The highest BCUT2D eigenvalue weighted by atomic mass is 35.5. The minimum atomic E-state index is -0.441. The third-order valence-electron chi connectivity index (χ3n) is 3.05. The number of rotatable bonds is 5. The number of benzene rings is 2. The highest BCUT2D eigenvalue weighted by molar-refractivity contribution is 6.35. The summed E-state index contributed by atoms with van der Waals surface area (Å²) >= 11 is 11.9. The molecule has 0 heterocycles. The number of nitrogens with one attached hydrogen (secondary N) is 2. The quantitative estimate of drug-likeness (QED) is 0.847. The Morgan fingerprint density at radius 1 is 1.14 bits per heavy atom. The standard InChI is InChI=1S/C16H16Cl2N2O2/c1-10(19-12-4-6-13(22-2)7-5-12)16(21)20-15-9-11(17)3-8-14(15)18/h3-10,19H,1-2H3,(H,20,21)/t10-/m1/s1. The molecule has 0 bridgehead atoms. The number of hydrogen-bond acceptors (Lipinski definition) is 3. The average molecular weight is 339 g/mol. The van der Waals surface area contributed by atoms with Crippen molar-refractivity contribution in [3.8, 4) is 5.75 Å². The maximum Gasteiger partial charge on any atom is 0.246 e. The van der Waals surface area contributed by atoms with Crippen LogP contribution >= 0.6 is 23.2 Å². The predicted octanol–water partition coefficient (Wildman–Crippen LogP) is 4.44. The summed E-state index contributed by atoms with van der Waals surface area (Å²) < 4.78 is 5.09. The Morgan fingerprint density at radius 3 is 2.45 bits per heavy atom. The minimum absolute atomic E-state index is 0.208. The highest BCUT2D eigenvalue weighted by Crippen LogP contribution is 2.25. The molecule has 22 heavy (non-hydrogen) atoms. The number of ether oxygens (including phenoxy) is 1. The fourth-order valence-corrected chi connectivity index (χ4v) is 2.17. The van der Waals surface area contributed by atoms with E-state index in [0.717, 1.165) is 11.4 Å². The SMILES string of the molecule is COc1ccc(N[C@H](C)C(=O)Nc2cc(Cl)ccc2Cl)cc1. The molecule has 1 amide bonds. The summed E-state index contributed by atoms with van der Waals surface area (Å²) in [5.41, 5.74) is 1.31. The topological polar surface area (TPSA) is 50.4 Å². The van der Waals surface area contributed by atoms with Crippen LogP contribution in [0.4, 0.5) is 11.4 Å². The van der Waals surface area contributed by atoms with Gasteiger partial charge in [0.15, 0.2) is 0 Å². The second kappa shape index (κ2) is 7.38. The Hall–Kier alpha value is -1.91. The van der Waals surface area contributed by atoms with Gasteiger partial charge in [0.1, 0.15) is 11.8 Å². The normalized spacial score (nSPS) is 11.6. The Kier molecular flexibility index (Phi) is 5.52. The lowest BCUT2D eigenvalue weighted by atomic mass is 10.2. The third-order valence-corrected chi connectivity index (χ3v) is 3.62. The second-order valence-corrected chi connectivity index (χ2v) is 5.55. The zero-order valence-electron chi connectivity index (χ0n) is 12.2. The molecule has 2 rings (SSSR count). The molecule has 0 aromatic heterocycles. The summed E-state index contributed by atoms with van der Waals surface area (Å²) in [6.07, 6.45) is 0. The van der Waals surface area contributed by atoms with Crippen molar-refractivity contribution in [3.05, 3.63) is 52.5 Å². The van der Waals surface area contributed by atoms with Crippen molar-refractivity contribution in [2.45, 2.75) is 13.0 Å². The van der Waals surface area contributed by atoms with E-state index in [0.29, 0.717) is 15.7 Å². The lowest BCUT2D eigenvalue weighted by Gasteiger charge is -2.16. The van der Waals surface area contributed by atoms with Gasteiger partial charge in [0.25, 0.3) is 0 Å². The first-order valence-corrected chi connectivity index (χ1v) is 7.41. The summed E-state index contributed by atoms with van der Waals surface area (Å²) in [5.74, 6) is 0.549. The van der Waals surface area contributed by atoms with Gasteiger partial charge in [0.2, 0.25) is 5.91 Å². The van der Waals surface area contributed by atoms with E-state index in [1.165, 1.54) is 0 Å². The van der Waals surface area contributed by atoms with E-state index < -0.39 is 6.04 Å². The second-order valence-electron chi connectivity index (χ2n) is 4.71. The predicted molar refractivity (Wildman–Crippen MR) is 91.2 cm³/mol. The Bertz CT molecular complexity index is 660. The lowest BCUT2D eigenvalue weighted by Crippen LogP contribution is -2.31. The van der Waals surface area contributed by atoms with Crippen molar-refractivity contribution in [3.63, 3.8) is 0 Å². The van der Waals surface area contributed by atoms with E-state index in [9.17, 15) is 4.79 Å². The summed E-state index contributed by atoms with van der Waals surface area (Å²) in [6.45, 7) is 1.76. The van der Waals surface area contributed by atoms with E-state index in [4.69, 9.17) is 27.9 Å². The maximum absolute atomic E-state index is 12.2. The number of hydrogen-bond donors (Lipinski definition) is 2. The van der Waals surface area contributed by atoms with Gasteiger partial charge in [-0.15, -0.1) is 0 Å². The van der Waals surface area contributed by atoms with Crippen molar-refractivity contribution < 1.29 is 9.53 Å². The summed E-state index contributed by atoms with van der Waals surface area (Å²) in [4.78, 5) is 12.2. The molecular formula is C16H16Cl2N2O2. The molecule has 0 aliphatic rings. The molecule has 0 radical (unpaired) electrons. The monoisotopic (exact) mass is 338 g/mol. The first kappa shape index (κ1) is 16.5. The van der Waals surface area contributed by atoms with Gasteiger partial charge in [0, 0.05) is 10.7 Å². The van der Waals surface area contributed by atoms with E-state index >= 15 is 0 Å². The van der Waals surface area contributed by atoms with Crippen LogP contribution in [0.15, 0.2) is 42.5 Å². The van der Waals surface area contributed by atoms with Crippen LogP contribution in [-0.2, 0) is 4.79 Å². The van der Waals surface area contributed by atoms with Crippen LogP contribution in [-0.4, -0.2) is 19.1 Å². The Balaban J connectivity index is 2.00. The van der Waals surface area contributed by atoms with Gasteiger partial charge < -0.3 is 15.4 Å². The number of amides is 1. The van der Waals surface area contributed by atoms with Crippen LogP contribution in [0.5, 0.6) is 5.75 Å². The van der Waals surface area contributed by atoms with Crippen LogP contribution in [0.25, 0.3) is 0 Å². The first-order valence-electron chi connectivity index (χ1n) is 6.66. The van der Waals surface area contributed by atoms with Gasteiger partial charge in [-0.05, 0) is 49.4 Å². The van der Waals surface area contributed by atoms with Crippen molar-refractivity contribution in [2.75, 3.05) is 17.7 Å². The molecule has 0 saturated heterocycles. The van der Waals surface area contributed by atoms with Gasteiger partial charge in [-0.25, -0.2) is 0 Å². The molecule has 6 heteroatoms. The van der Waals surface area contributed by atoms with Crippen molar-refractivity contribution in [1.29, 1.82) is 0 Å². The third kappa shape index (κ3) is 4.29. The molecule has 2 N–H and O–H groups in total. The zero-order valence-corrected chi connectivity index (χ0v) is 13.7. The zero-order chi connectivity index (χ0) is 16.1. The summed E-state index contributed by atoms with van der Waals surface area (Å²) in [5, 5.41) is 6.80. The van der Waals surface area contributed by atoms with Gasteiger partial charge in [0.05, 0.1) is 17.8 Å². The molecule has 0 spiro atoms. The van der Waals surface area contributed by atoms with Gasteiger partial charge >= 0.3 is 0 Å². The maximum atomic E-state index is 12.2. The molecule has 2 aromatic carbocycles. The van der Waals surface area contributed by atoms with Gasteiger partial charge in [-0.2, -0.15) is 0 Å². The molecular weight excluding hydrogens is 323 g/mol. The molecule has 0 saturated carbocycles. The molecule has 1 atom stereocenters. The molecule has 2 aromatic rings. The number of anilines is 2. The molecule has 0 unspecified atom stereocenters.